The third-order valence-corrected chi connectivity index (χ3v) is 5.20. The standard InChI is InChI=1S/C17H27N5O2/c18-16(23)11-13-5-3-9-21(12-13)17(24)20-14-6-1-2-7-15(14)22-10-4-8-19-22/h4,8,10,13-15H,1-3,5-7,9,11-12H2,(H2,18,23)(H,20,24)/t13-,14-,15-/m0/s1. The number of likely N-dealkylation sites (tertiary alicyclic amines) is 1. The molecule has 7 heteroatoms. The van der Waals surface area contributed by atoms with E-state index in [-0.39, 0.29) is 29.9 Å². The summed E-state index contributed by atoms with van der Waals surface area (Å²) in [5, 5.41) is 7.57. The molecule has 0 spiro atoms. The monoisotopic (exact) mass is 333 g/mol. The minimum Gasteiger partial charge on any atom is -0.370 e. The predicted molar refractivity (Wildman–Crippen MR) is 90.2 cm³/mol. The molecule has 0 bridgehead atoms. The fourth-order valence-electron chi connectivity index (χ4n) is 4.02. The number of primary amides is 1. The lowest BCUT2D eigenvalue weighted by Gasteiger charge is -2.37. The van der Waals surface area contributed by atoms with Gasteiger partial charge in [0.25, 0.3) is 0 Å². The van der Waals surface area contributed by atoms with Crippen LogP contribution >= 0.6 is 0 Å². The molecule has 132 valence electrons. The van der Waals surface area contributed by atoms with Crippen LogP contribution in [0.3, 0.4) is 0 Å². The summed E-state index contributed by atoms with van der Waals surface area (Å²) >= 11 is 0. The number of aromatic nitrogens is 2. The Morgan fingerprint density at radius 1 is 1.21 bits per heavy atom. The van der Waals surface area contributed by atoms with E-state index in [0.717, 1.165) is 38.6 Å². The van der Waals surface area contributed by atoms with Crippen LogP contribution in [-0.4, -0.2) is 45.8 Å². The molecule has 1 aliphatic carbocycles. The molecule has 1 aromatic rings. The van der Waals surface area contributed by atoms with Gasteiger partial charge in [0.1, 0.15) is 0 Å². The Kier molecular flexibility index (Phi) is 5.37. The van der Waals surface area contributed by atoms with Crippen molar-refractivity contribution >= 4 is 11.9 Å². The van der Waals surface area contributed by atoms with Gasteiger partial charge in [-0.2, -0.15) is 5.10 Å². The van der Waals surface area contributed by atoms with Crippen molar-refractivity contribution in [1.29, 1.82) is 0 Å². The van der Waals surface area contributed by atoms with Gasteiger partial charge in [-0.25, -0.2) is 4.79 Å². The Morgan fingerprint density at radius 3 is 2.79 bits per heavy atom. The predicted octanol–water partition coefficient (Wildman–Crippen LogP) is 1.66. The van der Waals surface area contributed by atoms with Crippen molar-refractivity contribution in [3.8, 4) is 0 Å². The molecule has 2 fully saturated rings. The lowest BCUT2D eigenvalue weighted by molar-refractivity contribution is -0.119. The number of nitrogens with one attached hydrogen (secondary N) is 1. The number of piperidine rings is 1. The first-order valence-corrected chi connectivity index (χ1v) is 8.96. The molecule has 0 aromatic carbocycles. The summed E-state index contributed by atoms with van der Waals surface area (Å²) in [6.07, 6.45) is 10.3. The van der Waals surface area contributed by atoms with Crippen LogP contribution in [0, 0.1) is 5.92 Å². The highest BCUT2D eigenvalue weighted by molar-refractivity contribution is 5.76. The topological polar surface area (TPSA) is 93.3 Å². The average molecular weight is 333 g/mol. The van der Waals surface area contributed by atoms with E-state index < -0.39 is 0 Å². The van der Waals surface area contributed by atoms with Gasteiger partial charge < -0.3 is 16.0 Å². The SMILES string of the molecule is NC(=O)C[C@@H]1CCCN(C(=O)N[C@H]2CCCC[C@@H]2n2cccn2)C1. The number of urea groups is 1. The third kappa shape index (κ3) is 4.07. The molecule has 1 saturated heterocycles. The summed E-state index contributed by atoms with van der Waals surface area (Å²) in [6.45, 7) is 1.37. The maximum Gasteiger partial charge on any atom is 0.317 e. The Morgan fingerprint density at radius 2 is 2.04 bits per heavy atom. The van der Waals surface area contributed by atoms with E-state index in [0.29, 0.717) is 13.0 Å². The number of nitrogens with two attached hydrogens (primary N) is 1. The molecule has 7 nitrogen and oxygen atoms in total. The van der Waals surface area contributed by atoms with E-state index in [9.17, 15) is 9.59 Å². The minimum absolute atomic E-state index is 0.0202. The largest absolute Gasteiger partial charge is 0.370 e. The highest BCUT2D eigenvalue weighted by Crippen LogP contribution is 2.28. The van der Waals surface area contributed by atoms with Crippen LogP contribution in [0.25, 0.3) is 0 Å². The molecule has 3 atom stereocenters. The van der Waals surface area contributed by atoms with Gasteiger partial charge in [0, 0.05) is 31.9 Å². The van der Waals surface area contributed by atoms with Crippen molar-refractivity contribution in [2.45, 2.75) is 57.0 Å². The van der Waals surface area contributed by atoms with E-state index in [2.05, 4.69) is 10.4 Å². The number of nitrogens with zero attached hydrogens (tertiary/aromatic N) is 3. The van der Waals surface area contributed by atoms with Crippen LogP contribution in [0.15, 0.2) is 18.5 Å². The molecular formula is C17H27N5O2. The second-order valence-corrected chi connectivity index (χ2v) is 7.02. The number of carbonyl (C=O) groups excluding carboxylic acids is 2. The zero-order valence-corrected chi connectivity index (χ0v) is 14.1. The van der Waals surface area contributed by atoms with E-state index in [1.807, 2.05) is 21.8 Å². The maximum atomic E-state index is 12.7. The van der Waals surface area contributed by atoms with E-state index in [4.69, 9.17) is 5.73 Å². The smallest absolute Gasteiger partial charge is 0.317 e. The fraction of sp³-hybridized carbons (Fsp3) is 0.706. The second kappa shape index (κ2) is 7.68. The van der Waals surface area contributed by atoms with Gasteiger partial charge in [-0.3, -0.25) is 9.48 Å². The number of rotatable bonds is 4. The fourth-order valence-corrected chi connectivity index (χ4v) is 4.02. The zero-order valence-electron chi connectivity index (χ0n) is 14.1. The van der Waals surface area contributed by atoms with Crippen molar-refractivity contribution < 1.29 is 9.59 Å². The molecule has 2 aliphatic rings. The molecule has 0 unspecified atom stereocenters. The van der Waals surface area contributed by atoms with Crippen molar-refractivity contribution in [3.05, 3.63) is 18.5 Å². The Hall–Kier alpha value is -2.05. The number of carbonyl (C=O) groups is 2. The number of hydrogen-bond acceptors (Lipinski definition) is 3. The summed E-state index contributed by atoms with van der Waals surface area (Å²) in [4.78, 5) is 25.6. The Bertz CT molecular complexity index is 559. The quantitative estimate of drug-likeness (QED) is 0.877. The lowest BCUT2D eigenvalue weighted by Crippen LogP contribution is -2.51. The van der Waals surface area contributed by atoms with Gasteiger partial charge in [-0.1, -0.05) is 12.8 Å². The normalized spacial score (nSPS) is 27.7. The van der Waals surface area contributed by atoms with Crippen molar-refractivity contribution in [1.82, 2.24) is 20.0 Å². The summed E-state index contributed by atoms with van der Waals surface area (Å²) in [7, 11) is 0. The zero-order chi connectivity index (χ0) is 16.9. The molecule has 3 amide bonds. The van der Waals surface area contributed by atoms with E-state index in [1.54, 1.807) is 6.20 Å². The van der Waals surface area contributed by atoms with Gasteiger partial charge in [-0.05, 0) is 37.7 Å². The molecule has 0 radical (unpaired) electrons. The molecule has 3 N–H and O–H groups in total. The van der Waals surface area contributed by atoms with Crippen LogP contribution in [0.1, 0.15) is 51.0 Å². The van der Waals surface area contributed by atoms with E-state index in [1.165, 1.54) is 6.42 Å². The first-order chi connectivity index (χ1) is 11.6. The first-order valence-electron chi connectivity index (χ1n) is 8.96. The van der Waals surface area contributed by atoms with Crippen LogP contribution in [0.2, 0.25) is 0 Å². The first kappa shape index (κ1) is 16.8. The average Bonchev–Trinajstić information content (AvgIpc) is 3.09. The van der Waals surface area contributed by atoms with Crippen molar-refractivity contribution in [2.24, 2.45) is 11.7 Å². The third-order valence-electron chi connectivity index (χ3n) is 5.20. The van der Waals surface area contributed by atoms with Crippen LogP contribution in [0.4, 0.5) is 4.79 Å². The molecule has 1 aliphatic heterocycles. The van der Waals surface area contributed by atoms with Gasteiger partial charge in [0.05, 0.1) is 12.1 Å². The van der Waals surface area contributed by atoms with E-state index >= 15 is 0 Å². The lowest BCUT2D eigenvalue weighted by atomic mass is 9.90. The summed E-state index contributed by atoms with van der Waals surface area (Å²) < 4.78 is 1.97. The number of amides is 3. The highest BCUT2D eigenvalue weighted by atomic mass is 16.2. The highest BCUT2D eigenvalue weighted by Gasteiger charge is 2.31. The Labute approximate surface area is 142 Å². The molecule has 24 heavy (non-hydrogen) atoms. The van der Waals surface area contributed by atoms with Gasteiger partial charge in [0.15, 0.2) is 0 Å². The maximum absolute atomic E-state index is 12.7. The second-order valence-electron chi connectivity index (χ2n) is 7.02. The molecule has 1 aromatic heterocycles. The van der Waals surface area contributed by atoms with Gasteiger partial charge in [0.2, 0.25) is 5.91 Å². The van der Waals surface area contributed by atoms with Gasteiger partial charge >= 0.3 is 6.03 Å². The van der Waals surface area contributed by atoms with Crippen LogP contribution in [-0.2, 0) is 4.79 Å². The summed E-state index contributed by atoms with van der Waals surface area (Å²) in [6, 6.07) is 2.24. The van der Waals surface area contributed by atoms with Gasteiger partial charge in [-0.15, -0.1) is 0 Å². The van der Waals surface area contributed by atoms with Crippen LogP contribution in [0.5, 0.6) is 0 Å². The Balaban J connectivity index is 1.59. The minimum atomic E-state index is -0.284. The van der Waals surface area contributed by atoms with Crippen molar-refractivity contribution in [2.75, 3.05) is 13.1 Å². The summed E-state index contributed by atoms with van der Waals surface area (Å²) in [5.74, 6) is -0.0939. The molecular weight excluding hydrogens is 306 g/mol. The number of hydrogen-bond donors (Lipinski definition) is 2. The molecule has 3 rings (SSSR count). The van der Waals surface area contributed by atoms with Crippen LogP contribution < -0.4 is 11.1 Å². The molecule has 2 heterocycles. The van der Waals surface area contributed by atoms with Crippen molar-refractivity contribution in [3.63, 3.8) is 0 Å². The molecule has 1 saturated carbocycles. The summed E-state index contributed by atoms with van der Waals surface area (Å²) in [5.41, 5.74) is 5.30.